The Balaban J connectivity index is 1.85. The van der Waals surface area contributed by atoms with Crippen LogP contribution in [-0.2, 0) is 6.54 Å². The number of nitrogens with one attached hydrogen (secondary N) is 1. The van der Waals surface area contributed by atoms with Crippen molar-refractivity contribution < 1.29 is 9.53 Å². The van der Waals surface area contributed by atoms with Crippen molar-refractivity contribution >= 4 is 21.8 Å². The lowest BCUT2D eigenvalue weighted by Crippen LogP contribution is -2.26. The molecule has 1 N–H and O–H groups in total. The van der Waals surface area contributed by atoms with E-state index in [1.165, 1.54) is 0 Å². The van der Waals surface area contributed by atoms with E-state index in [4.69, 9.17) is 4.74 Å². The summed E-state index contributed by atoms with van der Waals surface area (Å²) in [5, 5.41) is 7.30. The van der Waals surface area contributed by atoms with Crippen molar-refractivity contribution in [1.82, 2.24) is 15.1 Å². The Morgan fingerprint density at radius 3 is 2.82 bits per heavy atom. The van der Waals surface area contributed by atoms with E-state index in [9.17, 15) is 4.79 Å². The maximum atomic E-state index is 12.2. The second kappa shape index (κ2) is 7.45. The average Bonchev–Trinajstić information content (AvgIpc) is 2.82. The van der Waals surface area contributed by atoms with Gasteiger partial charge in [0.1, 0.15) is 5.75 Å². The van der Waals surface area contributed by atoms with Crippen LogP contribution in [0.4, 0.5) is 0 Å². The van der Waals surface area contributed by atoms with Gasteiger partial charge in [0.2, 0.25) is 0 Å². The maximum absolute atomic E-state index is 12.2. The molecule has 0 bridgehead atoms. The number of carbonyl (C=O) groups is 1. The Morgan fingerprint density at radius 2 is 2.18 bits per heavy atom. The standard InChI is InChI=1S/C16H20BrN3O2/c1-11-13(6-4-7-15(11)22-3)16(21)18-8-5-9-20-10-14(17)12(2)19-20/h4,6-7,10H,5,8-9H2,1-3H3,(H,18,21). The van der Waals surface area contributed by atoms with Gasteiger partial charge in [-0.25, -0.2) is 0 Å². The molecule has 118 valence electrons. The van der Waals surface area contributed by atoms with Crippen molar-refractivity contribution in [3.05, 3.63) is 45.7 Å². The lowest BCUT2D eigenvalue weighted by atomic mass is 10.1. The Labute approximate surface area is 138 Å². The molecule has 1 aromatic heterocycles. The monoisotopic (exact) mass is 365 g/mol. The molecule has 5 nitrogen and oxygen atoms in total. The third-order valence-electron chi connectivity index (χ3n) is 3.48. The van der Waals surface area contributed by atoms with Crippen LogP contribution in [0, 0.1) is 13.8 Å². The summed E-state index contributed by atoms with van der Waals surface area (Å²) < 4.78 is 8.12. The molecule has 1 amide bonds. The molecule has 22 heavy (non-hydrogen) atoms. The molecule has 1 heterocycles. The zero-order valence-corrected chi connectivity index (χ0v) is 14.6. The fourth-order valence-electron chi connectivity index (χ4n) is 2.23. The highest BCUT2D eigenvalue weighted by Gasteiger charge is 2.11. The first kappa shape index (κ1) is 16.5. The van der Waals surface area contributed by atoms with E-state index in [2.05, 4.69) is 26.3 Å². The number of amides is 1. The van der Waals surface area contributed by atoms with E-state index in [-0.39, 0.29) is 5.91 Å². The molecule has 1 aromatic carbocycles. The molecule has 2 aromatic rings. The van der Waals surface area contributed by atoms with Gasteiger partial charge in [0.05, 0.1) is 17.3 Å². The topological polar surface area (TPSA) is 56.1 Å². The smallest absolute Gasteiger partial charge is 0.251 e. The van der Waals surface area contributed by atoms with Crippen molar-refractivity contribution in [2.24, 2.45) is 0 Å². The summed E-state index contributed by atoms with van der Waals surface area (Å²) in [5.74, 6) is 0.652. The van der Waals surface area contributed by atoms with Crippen molar-refractivity contribution in [2.45, 2.75) is 26.8 Å². The fourth-order valence-corrected chi connectivity index (χ4v) is 2.54. The van der Waals surface area contributed by atoms with Crippen LogP contribution in [-0.4, -0.2) is 29.3 Å². The SMILES string of the molecule is COc1cccc(C(=O)NCCCn2cc(Br)c(C)n2)c1C. The van der Waals surface area contributed by atoms with Gasteiger partial charge >= 0.3 is 0 Å². The Hall–Kier alpha value is -1.82. The molecule has 6 heteroatoms. The molecule has 0 spiro atoms. The Morgan fingerprint density at radius 1 is 1.41 bits per heavy atom. The van der Waals surface area contributed by atoms with Gasteiger partial charge in [0.25, 0.3) is 5.91 Å². The van der Waals surface area contributed by atoms with Crippen LogP contribution in [0.1, 0.15) is 28.0 Å². The molecule has 0 aliphatic carbocycles. The van der Waals surface area contributed by atoms with Crippen LogP contribution >= 0.6 is 15.9 Å². The second-order valence-corrected chi connectivity index (χ2v) is 5.92. The molecule has 0 saturated heterocycles. The van der Waals surface area contributed by atoms with Crippen LogP contribution in [0.3, 0.4) is 0 Å². The first-order valence-electron chi connectivity index (χ1n) is 7.14. The summed E-state index contributed by atoms with van der Waals surface area (Å²) in [4.78, 5) is 12.2. The average molecular weight is 366 g/mol. The predicted octanol–water partition coefficient (Wildman–Crippen LogP) is 3.09. The third-order valence-corrected chi connectivity index (χ3v) is 4.26. The van der Waals surface area contributed by atoms with Gasteiger partial charge in [0.15, 0.2) is 0 Å². The Kier molecular flexibility index (Phi) is 5.60. The molecular formula is C16H20BrN3O2. The molecular weight excluding hydrogens is 346 g/mol. The molecule has 0 aliphatic heterocycles. The number of ether oxygens (including phenoxy) is 1. The molecule has 2 rings (SSSR count). The number of aromatic nitrogens is 2. The molecule has 0 unspecified atom stereocenters. The number of methoxy groups -OCH3 is 1. The van der Waals surface area contributed by atoms with Crippen LogP contribution < -0.4 is 10.1 Å². The number of halogens is 1. The van der Waals surface area contributed by atoms with Gasteiger partial charge in [0, 0.05) is 30.4 Å². The van der Waals surface area contributed by atoms with Crippen LogP contribution in [0.2, 0.25) is 0 Å². The highest BCUT2D eigenvalue weighted by atomic mass is 79.9. The number of hydrogen-bond donors (Lipinski definition) is 1. The van der Waals surface area contributed by atoms with Crippen LogP contribution in [0.15, 0.2) is 28.9 Å². The minimum Gasteiger partial charge on any atom is -0.496 e. The first-order chi connectivity index (χ1) is 10.5. The van der Waals surface area contributed by atoms with Crippen molar-refractivity contribution in [3.63, 3.8) is 0 Å². The highest BCUT2D eigenvalue weighted by molar-refractivity contribution is 9.10. The maximum Gasteiger partial charge on any atom is 0.251 e. The van der Waals surface area contributed by atoms with Crippen LogP contribution in [0.5, 0.6) is 5.75 Å². The number of carbonyl (C=O) groups excluding carboxylic acids is 1. The summed E-state index contributed by atoms with van der Waals surface area (Å²) in [6.07, 6.45) is 2.77. The zero-order chi connectivity index (χ0) is 16.1. The number of hydrogen-bond acceptors (Lipinski definition) is 3. The summed E-state index contributed by atoms with van der Waals surface area (Å²) in [6.45, 7) is 5.21. The van der Waals surface area contributed by atoms with Crippen molar-refractivity contribution in [2.75, 3.05) is 13.7 Å². The zero-order valence-electron chi connectivity index (χ0n) is 13.0. The third kappa shape index (κ3) is 3.88. The summed E-state index contributed by atoms with van der Waals surface area (Å²) in [7, 11) is 1.61. The minimum atomic E-state index is -0.0748. The van der Waals surface area contributed by atoms with E-state index < -0.39 is 0 Å². The van der Waals surface area contributed by atoms with Gasteiger partial charge in [-0.1, -0.05) is 6.07 Å². The number of aryl methyl sites for hydroxylation is 2. The predicted molar refractivity (Wildman–Crippen MR) is 89.3 cm³/mol. The molecule has 0 saturated carbocycles. The Bertz CT molecular complexity index is 648. The first-order valence-corrected chi connectivity index (χ1v) is 7.93. The van der Waals surface area contributed by atoms with E-state index in [1.54, 1.807) is 13.2 Å². The molecule has 0 fully saturated rings. The highest BCUT2D eigenvalue weighted by Crippen LogP contribution is 2.20. The molecule has 0 aliphatic rings. The summed E-state index contributed by atoms with van der Waals surface area (Å²) in [5.41, 5.74) is 2.47. The van der Waals surface area contributed by atoms with E-state index in [0.717, 1.165) is 34.4 Å². The van der Waals surface area contributed by atoms with Crippen molar-refractivity contribution in [3.8, 4) is 5.75 Å². The quantitative estimate of drug-likeness (QED) is 0.800. The number of nitrogens with zero attached hydrogens (tertiary/aromatic N) is 2. The summed E-state index contributed by atoms with van der Waals surface area (Å²) in [6, 6.07) is 5.48. The van der Waals surface area contributed by atoms with Crippen molar-refractivity contribution in [1.29, 1.82) is 0 Å². The van der Waals surface area contributed by atoms with E-state index in [0.29, 0.717) is 12.1 Å². The lowest BCUT2D eigenvalue weighted by Gasteiger charge is -2.10. The lowest BCUT2D eigenvalue weighted by molar-refractivity contribution is 0.0951. The van der Waals surface area contributed by atoms with Crippen LogP contribution in [0.25, 0.3) is 0 Å². The fraction of sp³-hybridized carbons (Fsp3) is 0.375. The molecule has 0 atom stereocenters. The molecule has 0 radical (unpaired) electrons. The van der Waals surface area contributed by atoms with Gasteiger partial charge in [-0.05, 0) is 48.3 Å². The number of benzene rings is 1. The van der Waals surface area contributed by atoms with E-state index >= 15 is 0 Å². The van der Waals surface area contributed by atoms with Gasteiger partial charge in [-0.3, -0.25) is 9.48 Å². The van der Waals surface area contributed by atoms with Gasteiger partial charge < -0.3 is 10.1 Å². The summed E-state index contributed by atoms with van der Waals surface area (Å²) >= 11 is 3.44. The van der Waals surface area contributed by atoms with Gasteiger partial charge in [-0.15, -0.1) is 0 Å². The van der Waals surface area contributed by atoms with Gasteiger partial charge in [-0.2, -0.15) is 5.10 Å². The number of rotatable bonds is 6. The largest absolute Gasteiger partial charge is 0.496 e. The van der Waals surface area contributed by atoms with E-state index in [1.807, 2.05) is 36.9 Å². The second-order valence-electron chi connectivity index (χ2n) is 5.07. The normalized spacial score (nSPS) is 10.5. The minimum absolute atomic E-state index is 0.0748.